The van der Waals surface area contributed by atoms with Crippen LogP contribution in [0.1, 0.15) is 18.2 Å². The zero-order chi connectivity index (χ0) is 19.1. The maximum absolute atomic E-state index is 12.9. The number of amides is 1. The van der Waals surface area contributed by atoms with Crippen molar-refractivity contribution in [1.29, 1.82) is 0 Å². The summed E-state index contributed by atoms with van der Waals surface area (Å²) in [6, 6.07) is 16.2. The van der Waals surface area contributed by atoms with E-state index in [1.54, 1.807) is 11.0 Å². The summed E-state index contributed by atoms with van der Waals surface area (Å²) in [4.78, 5) is 19.2. The molecule has 28 heavy (non-hydrogen) atoms. The molecule has 0 saturated heterocycles. The highest BCUT2D eigenvalue weighted by molar-refractivity contribution is 5.96. The summed E-state index contributed by atoms with van der Waals surface area (Å²) >= 11 is 0. The van der Waals surface area contributed by atoms with Crippen LogP contribution in [-0.2, 0) is 24.3 Å². The molecule has 1 aliphatic rings. The van der Waals surface area contributed by atoms with Crippen LogP contribution in [0.25, 0.3) is 11.0 Å². The van der Waals surface area contributed by atoms with Crippen molar-refractivity contribution in [3.63, 3.8) is 0 Å². The minimum absolute atomic E-state index is 0.0296. The molecule has 0 saturated carbocycles. The molecule has 0 aliphatic carbocycles. The van der Waals surface area contributed by atoms with Gasteiger partial charge < -0.3 is 9.47 Å². The van der Waals surface area contributed by atoms with Crippen LogP contribution in [0.2, 0.25) is 0 Å². The molecular formula is C21H20N6O. The van der Waals surface area contributed by atoms with Gasteiger partial charge in [0.15, 0.2) is 0 Å². The van der Waals surface area contributed by atoms with E-state index in [0.29, 0.717) is 6.54 Å². The summed E-state index contributed by atoms with van der Waals surface area (Å²) in [6.07, 6.45) is 4.52. The molecule has 3 heterocycles. The first kappa shape index (κ1) is 16.7. The summed E-state index contributed by atoms with van der Waals surface area (Å²) in [5.74, 6) is 0.0296. The molecule has 5 rings (SSSR count). The van der Waals surface area contributed by atoms with Crippen molar-refractivity contribution in [3.05, 3.63) is 72.3 Å². The van der Waals surface area contributed by atoms with Crippen molar-refractivity contribution in [3.8, 4) is 0 Å². The Balaban J connectivity index is 1.32. The third kappa shape index (κ3) is 2.85. The molecule has 1 atom stereocenters. The van der Waals surface area contributed by atoms with Crippen LogP contribution < -0.4 is 4.90 Å². The molecule has 0 bridgehead atoms. The molecule has 7 nitrogen and oxygen atoms in total. The molecule has 2 aromatic heterocycles. The number of benzene rings is 2. The van der Waals surface area contributed by atoms with E-state index in [1.807, 2.05) is 58.1 Å². The van der Waals surface area contributed by atoms with Gasteiger partial charge in [-0.3, -0.25) is 4.79 Å². The number of fused-ring (bicyclic) bond motifs is 2. The van der Waals surface area contributed by atoms with Gasteiger partial charge in [0.1, 0.15) is 12.2 Å². The van der Waals surface area contributed by atoms with Crippen molar-refractivity contribution in [2.45, 2.75) is 32.5 Å². The average molecular weight is 372 g/mol. The third-order valence-corrected chi connectivity index (χ3v) is 5.22. The number of para-hydroxylation sites is 3. The van der Waals surface area contributed by atoms with E-state index in [2.05, 4.69) is 28.3 Å². The highest BCUT2D eigenvalue weighted by atomic mass is 16.2. The van der Waals surface area contributed by atoms with Gasteiger partial charge >= 0.3 is 0 Å². The van der Waals surface area contributed by atoms with Crippen LogP contribution >= 0.6 is 0 Å². The molecule has 0 fully saturated rings. The first-order valence-corrected chi connectivity index (χ1v) is 9.38. The van der Waals surface area contributed by atoms with Gasteiger partial charge in [-0.2, -0.15) is 0 Å². The lowest BCUT2D eigenvalue weighted by Crippen LogP contribution is -2.38. The molecule has 0 radical (unpaired) electrons. The molecule has 1 unspecified atom stereocenters. The van der Waals surface area contributed by atoms with Crippen LogP contribution in [0.4, 0.5) is 5.69 Å². The highest BCUT2D eigenvalue weighted by Crippen LogP contribution is 2.31. The Labute approximate surface area is 162 Å². The van der Waals surface area contributed by atoms with Crippen LogP contribution in [0.3, 0.4) is 0 Å². The van der Waals surface area contributed by atoms with E-state index in [1.165, 1.54) is 5.56 Å². The zero-order valence-electron chi connectivity index (χ0n) is 15.6. The summed E-state index contributed by atoms with van der Waals surface area (Å²) < 4.78 is 3.65. The Kier molecular flexibility index (Phi) is 3.93. The first-order chi connectivity index (χ1) is 13.7. The maximum Gasteiger partial charge on any atom is 0.249 e. The van der Waals surface area contributed by atoms with Gasteiger partial charge in [0, 0.05) is 11.7 Å². The molecule has 1 amide bonds. The molecule has 2 aromatic carbocycles. The predicted octanol–water partition coefficient (Wildman–Crippen LogP) is 2.65. The van der Waals surface area contributed by atoms with Gasteiger partial charge in [-0.05, 0) is 37.1 Å². The van der Waals surface area contributed by atoms with Crippen LogP contribution in [0.15, 0.2) is 61.1 Å². The topological polar surface area (TPSA) is 68.8 Å². The van der Waals surface area contributed by atoms with Gasteiger partial charge in [-0.1, -0.05) is 35.5 Å². The molecular weight excluding hydrogens is 352 g/mol. The number of imidazole rings is 1. The van der Waals surface area contributed by atoms with E-state index in [9.17, 15) is 4.79 Å². The van der Waals surface area contributed by atoms with Gasteiger partial charge in [-0.15, -0.1) is 5.10 Å². The fourth-order valence-electron chi connectivity index (χ4n) is 3.96. The van der Waals surface area contributed by atoms with Crippen molar-refractivity contribution in [2.75, 3.05) is 4.90 Å². The Hall–Kier alpha value is -3.48. The Bertz CT molecular complexity index is 1160. The first-order valence-electron chi connectivity index (χ1n) is 9.38. The summed E-state index contributed by atoms with van der Waals surface area (Å²) in [5, 5.41) is 8.39. The standard InChI is InChI=1S/C21H20N6O/c1-15-10-16-6-2-4-8-19(16)27(15)21(28)13-26-12-17(23-24-26)11-25-14-22-18-7-3-5-9-20(18)25/h2-9,12,14-15H,10-11,13H2,1H3. The largest absolute Gasteiger partial charge is 0.324 e. The van der Waals surface area contributed by atoms with E-state index < -0.39 is 0 Å². The number of hydrogen-bond acceptors (Lipinski definition) is 4. The normalized spacial score (nSPS) is 15.9. The Morgan fingerprint density at radius 2 is 1.96 bits per heavy atom. The Morgan fingerprint density at radius 3 is 2.89 bits per heavy atom. The molecule has 140 valence electrons. The number of aromatic nitrogens is 5. The van der Waals surface area contributed by atoms with Crippen LogP contribution in [-0.4, -0.2) is 36.5 Å². The average Bonchev–Trinajstić information content (AvgIpc) is 3.39. The monoisotopic (exact) mass is 372 g/mol. The number of rotatable bonds is 4. The molecule has 7 heteroatoms. The van der Waals surface area contributed by atoms with Gasteiger partial charge in [0.2, 0.25) is 5.91 Å². The smallest absolute Gasteiger partial charge is 0.249 e. The van der Waals surface area contributed by atoms with Gasteiger partial charge in [0.25, 0.3) is 0 Å². The maximum atomic E-state index is 12.9. The number of hydrogen-bond donors (Lipinski definition) is 0. The predicted molar refractivity (Wildman–Crippen MR) is 106 cm³/mol. The minimum atomic E-state index is 0.0296. The molecule has 0 spiro atoms. The van der Waals surface area contributed by atoms with Crippen molar-refractivity contribution < 1.29 is 4.79 Å². The van der Waals surface area contributed by atoms with Crippen LogP contribution in [0.5, 0.6) is 0 Å². The van der Waals surface area contributed by atoms with Crippen molar-refractivity contribution in [1.82, 2.24) is 24.5 Å². The quantitative estimate of drug-likeness (QED) is 0.552. The van der Waals surface area contributed by atoms with E-state index >= 15 is 0 Å². The number of carbonyl (C=O) groups is 1. The fourth-order valence-corrected chi connectivity index (χ4v) is 3.96. The van der Waals surface area contributed by atoms with Crippen molar-refractivity contribution in [2.24, 2.45) is 0 Å². The number of nitrogens with zero attached hydrogens (tertiary/aromatic N) is 6. The molecule has 4 aromatic rings. The van der Waals surface area contributed by atoms with Gasteiger partial charge in [0.05, 0.1) is 30.1 Å². The Morgan fingerprint density at radius 1 is 1.14 bits per heavy atom. The third-order valence-electron chi connectivity index (χ3n) is 5.22. The lowest BCUT2D eigenvalue weighted by Gasteiger charge is -2.22. The second-order valence-electron chi connectivity index (χ2n) is 7.21. The van der Waals surface area contributed by atoms with E-state index in [4.69, 9.17) is 0 Å². The van der Waals surface area contributed by atoms with E-state index in [0.717, 1.165) is 28.8 Å². The summed E-state index contributed by atoms with van der Waals surface area (Å²) in [6.45, 7) is 2.82. The summed E-state index contributed by atoms with van der Waals surface area (Å²) in [5.41, 5.74) is 5.02. The van der Waals surface area contributed by atoms with E-state index in [-0.39, 0.29) is 18.5 Å². The zero-order valence-corrected chi connectivity index (χ0v) is 15.6. The molecule has 1 aliphatic heterocycles. The second-order valence-corrected chi connectivity index (χ2v) is 7.21. The SMILES string of the molecule is CC1Cc2ccccc2N1C(=O)Cn1cc(Cn2cnc3ccccc32)nn1. The van der Waals surface area contributed by atoms with Gasteiger partial charge in [-0.25, -0.2) is 9.67 Å². The lowest BCUT2D eigenvalue weighted by molar-refractivity contribution is -0.119. The number of carbonyl (C=O) groups excluding carboxylic acids is 1. The van der Waals surface area contributed by atoms with Crippen molar-refractivity contribution >= 4 is 22.6 Å². The lowest BCUT2D eigenvalue weighted by atomic mass is 10.1. The fraction of sp³-hybridized carbons (Fsp3) is 0.238. The molecule has 0 N–H and O–H groups in total. The minimum Gasteiger partial charge on any atom is -0.324 e. The highest BCUT2D eigenvalue weighted by Gasteiger charge is 2.30. The van der Waals surface area contributed by atoms with Crippen LogP contribution in [0, 0.1) is 0 Å². The second kappa shape index (κ2) is 6.60. The summed E-state index contributed by atoms with van der Waals surface area (Å²) in [7, 11) is 0. The number of anilines is 1.